The number of nitrogens with two attached hydrogens (primary N) is 1. The molecule has 3 nitrogen and oxygen atoms in total. The summed E-state index contributed by atoms with van der Waals surface area (Å²) in [5, 5.41) is 0. The third-order valence-corrected chi connectivity index (χ3v) is 2.37. The van der Waals surface area contributed by atoms with E-state index in [1.54, 1.807) is 6.08 Å². The molecule has 1 amide bonds. The predicted molar refractivity (Wildman–Crippen MR) is 58.5 cm³/mol. The summed E-state index contributed by atoms with van der Waals surface area (Å²) in [7, 11) is 0. The average molecular weight is 203 g/mol. The Labute approximate surface area is 88.5 Å². The van der Waals surface area contributed by atoms with E-state index < -0.39 is 5.91 Å². The molecule has 0 aliphatic carbocycles. The number of rotatable bonds is 2. The van der Waals surface area contributed by atoms with Crippen molar-refractivity contribution in [2.75, 3.05) is 6.61 Å². The van der Waals surface area contributed by atoms with Crippen molar-refractivity contribution < 1.29 is 9.53 Å². The van der Waals surface area contributed by atoms with Crippen LogP contribution in [-0.2, 0) is 11.2 Å². The minimum atomic E-state index is -0.427. The van der Waals surface area contributed by atoms with Gasteiger partial charge in [-0.15, -0.1) is 0 Å². The quantitative estimate of drug-likeness (QED) is 0.741. The molecule has 0 saturated carbocycles. The Kier molecular flexibility index (Phi) is 2.72. The fourth-order valence-corrected chi connectivity index (χ4v) is 1.66. The molecule has 1 aliphatic rings. The van der Waals surface area contributed by atoms with Gasteiger partial charge in [-0.2, -0.15) is 0 Å². The first-order valence-electron chi connectivity index (χ1n) is 4.99. The second-order valence-corrected chi connectivity index (χ2v) is 3.55. The summed E-state index contributed by atoms with van der Waals surface area (Å²) in [4.78, 5) is 10.6. The first kappa shape index (κ1) is 9.77. The number of hydrogen-bond acceptors (Lipinski definition) is 2. The summed E-state index contributed by atoms with van der Waals surface area (Å²) in [5.41, 5.74) is 7.21. The number of primary amides is 1. The van der Waals surface area contributed by atoms with Crippen LogP contribution in [-0.4, -0.2) is 12.5 Å². The summed E-state index contributed by atoms with van der Waals surface area (Å²) < 4.78 is 5.49. The number of carbonyl (C=O) groups is 1. The van der Waals surface area contributed by atoms with Crippen molar-refractivity contribution in [2.24, 2.45) is 5.73 Å². The number of hydrogen-bond donors (Lipinski definition) is 1. The SMILES string of the molecule is NC(=O)/C=C\c1ccc2c(c1)CCCO2. The van der Waals surface area contributed by atoms with E-state index in [-0.39, 0.29) is 0 Å². The number of carbonyl (C=O) groups excluding carboxylic acids is 1. The average Bonchev–Trinajstić information content (AvgIpc) is 2.26. The van der Waals surface area contributed by atoms with Gasteiger partial charge in [-0.05, 0) is 42.2 Å². The molecule has 0 atom stereocenters. The van der Waals surface area contributed by atoms with Gasteiger partial charge >= 0.3 is 0 Å². The fourth-order valence-electron chi connectivity index (χ4n) is 1.66. The fraction of sp³-hybridized carbons (Fsp3) is 0.250. The molecule has 0 radical (unpaired) electrons. The molecule has 2 N–H and O–H groups in total. The Hall–Kier alpha value is -1.77. The number of aryl methyl sites for hydroxylation is 1. The molecule has 1 heterocycles. The Bertz CT molecular complexity index is 410. The molecule has 0 spiro atoms. The highest BCUT2D eigenvalue weighted by molar-refractivity contribution is 5.90. The lowest BCUT2D eigenvalue weighted by Crippen LogP contribution is -2.08. The van der Waals surface area contributed by atoms with Gasteiger partial charge in [-0.25, -0.2) is 0 Å². The van der Waals surface area contributed by atoms with Crippen LogP contribution in [0.25, 0.3) is 6.08 Å². The summed E-state index contributed by atoms with van der Waals surface area (Å²) >= 11 is 0. The first-order chi connectivity index (χ1) is 7.25. The molecular weight excluding hydrogens is 190 g/mol. The van der Waals surface area contributed by atoms with E-state index in [0.29, 0.717) is 0 Å². The second-order valence-electron chi connectivity index (χ2n) is 3.55. The van der Waals surface area contributed by atoms with Crippen molar-refractivity contribution in [3.05, 3.63) is 35.4 Å². The van der Waals surface area contributed by atoms with Crippen LogP contribution < -0.4 is 10.5 Å². The highest BCUT2D eigenvalue weighted by Crippen LogP contribution is 2.25. The molecule has 0 bridgehead atoms. The van der Waals surface area contributed by atoms with Gasteiger partial charge in [0.1, 0.15) is 5.75 Å². The molecule has 3 heteroatoms. The monoisotopic (exact) mass is 203 g/mol. The van der Waals surface area contributed by atoms with E-state index in [9.17, 15) is 4.79 Å². The van der Waals surface area contributed by atoms with Crippen LogP contribution in [0.4, 0.5) is 0 Å². The zero-order valence-electron chi connectivity index (χ0n) is 8.40. The lowest BCUT2D eigenvalue weighted by Gasteiger charge is -2.17. The highest BCUT2D eigenvalue weighted by atomic mass is 16.5. The van der Waals surface area contributed by atoms with Crippen LogP contribution in [0.15, 0.2) is 24.3 Å². The van der Waals surface area contributed by atoms with Crippen LogP contribution in [0.5, 0.6) is 5.75 Å². The standard InChI is InChI=1S/C12H13NO2/c13-12(14)6-4-9-3-5-11-10(8-9)2-1-7-15-11/h3-6,8H,1-2,7H2,(H2,13,14)/b6-4-. The molecule has 0 unspecified atom stereocenters. The largest absolute Gasteiger partial charge is 0.493 e. The van der Waals surface area contributed by atoms with Crippen LogP contribution in [0.2, 0.25) is 0 Å². The Morgan fingerprint density at radius 2 is 2.33 bits per heavy atom. The molecule has 0 fully saturated rings. The van der Waals surface area contributed by atoms with Gasteiger partial charge in [0.05, 0.1) is 6.61 Å². The van der Waals surface area contributed by atoms with Gasteiger partial charge in [-0.3, -0.25) is 4.79 Å². The van der Waals surface area contributed by atoms with Gasteiger partial charge in [0.25, 0.3) is 0 Å². The molecule has 0 saturated heterocycles. The van der Waals surface area contributed by atoms with Crippen molar-refractivity contribution >= 4 is 12.0 Å². The zero-order chi connectivity index (χ0) is 10.7. The van der Waals surface area contributed by atoms with Crippen molar-refractivity contribution in [2.45, 2.75) is 12.8 Å². The van der Waals surface area contributed by atoms with Crippen molar-refractivity contribution in [3.8, 4) is 5.75 Å². The van der Waals surface area contributed by atoms with Gasteiger partial charge in [0.2, 0.25) is 5.91 Å². The van der Waals surface area contributed by atoms with Gasteiger partial charge < -0.3 is 10.5 Å². The van der Waals surface area contributed by atoms with Crippen molar-refractivity contribution in [1.29, 1.82) is 0 Å². The van der Waals surface area contributed by atoms with Crippen LogP contribution in [0, 0.1) is 0 Å². The highest BCUT2D eigenvalue weighted by Gasteiger charge is 2.09. The van der Waals surface area contributed by atoms with E-state index in [0.717, 1.165) is 30.8 Å². The van der Waals surface area contributed by atoms with Gasteiger partial charge in [0, 0.05) is 6.08 Å². The predicted octanol–water partition coefficient (Wildman–Crippen LogP) is 1.51. The van der Waals surface area contributed by atoms with E-state index in [1.165, 1.54) is 11.6 Å². The second kappa shape index (κ2) is 4.17. The topological polar surface area (TPSA) is 52.3 Å². The smallest absolute Gasteiger partial charge is 0.241 e. The van der Waals surface area contributed by atoms with Crippen LogP contribution in [0.1, 0.15) is 17.5 Å². The first-order valence-corrected chi connectivity index (χ1v) is 4.99. The van der Waals surface area contributed by atoms with E-state index in [4.69, 9.17) is 10.5 Å². The number of ether oxygens (including phenoxy) is 1. The Balaban J connectivity index is 2.24. The van der Waals surface area contributed by atoms with Crippen molar-refractivity contribution in [1.82, 2.24) is 0 Å². The minimum Gasteiger partial charge on any atom is -0.493 e. The van der Waals surface area contributed by atoms with E-state index in [2.05, 4.69) is 0 Å². The lowest BCUT2D eigenvalue weighted by molar-refractivity contribution is -0.113. The number of benzene rings is 1. The molecular formula is C12H13NO2. The lowest BCUT2D eigenvalue weighted by atomic mass is 10.0. The van der Waals surface area contributed by atoms with Gasteiger partial charge in [-0.1, -0.05) is 6.07 Å². The minimum absolute atomic E-state index is 0.427. The van der Waals surface area contributed by atoms with Crippen LogP contribution in [0.3, 0.4) is 0 Å². The Morgan fingerprint density at radius 1 is 1.47 bits per heavy atom. The maximum Gasteiger partial charge on any atom is 0.241 e. The molecule has 78 valence electrons. The molecule has 0 aromatic heterocycles. The molecule has 15 heavy (non-hydrogen) atoms. The normalized spacial score (nSPS) is 14.7. The Morgan fingerprint density at radius 3 is 3.13 bits per heavy atom. The molecule has 2 rings (SSSR count). The van der Waals surface area contributed by atoms with Crippen LogP contribution >= 0.6 is 0 Å². The van der Waals surface area contributed by atoms with E-state index in [1.807, 2.05) is 18.2 Å². The molecule has 1 aromatic rings. The summed E-state index contributed by atoms with van der Waals surface area (Å²) in [6, 6.07) is 5.90. The molecule has 1 aromatic carbocycles. The summed E-state index contributed by atoms with van der Waals surface area (Å²) in [6.45, 7) is 0.795. The molecule has 1 aliphatic heterocycles. The zero-order valence-corrected chi connectivity index (χ0v) is 8.40. The number of fused-ring (bicyclic) bond motifs is 1. The third kappa shape index (κ3) is 2.37. The maximum absolute atomic E-state index is 10.6. The summed E-state index contributed by atoms with van der Waals surface area (Å²) in [5.74, 6) is 0.529. The van der Waals surface area contributed by atoms with Crippen molar-refractivity contribution in [3.63, 3.8) is 0 Å². The maximum atomic E-state index is 10.6. The van der Waals surface area contributed by atoms with E-state index >= 15 is 0 Å². The number of amides is 1. The third-order valence-electron chi connectivity index (χ3n) is 2.37. The summed E-state index contributed by atoms with van der Waals surface area (Å²) in [6.07, 6.45) is 5.17. The van der Waals surface area contributed by atoms with Gasteiger partial charge in [0.15, 0.2) is 0 Å².